The number of rotatable bonds is 15. The maximum atomic E-state index is 14.6. The van der Waals surface area contributed by atoms with E-state index in [9.17, 15) is 24.3 Å². The molecule has 0 spiro atoms. The molecule has 48 heavy (non-hydrogen) atoms. The van der Waals surface area contributed by atoms with E-state index in [0.29, 0.717) is 23.5 Å². The van der Waals surface area contributed by atoms with Crippen LogP contribution in [0, 0.1) is 5.92 Å². The average Bonchev–Trinajstić information content (AvgIpc) is 2.99. The molecule has 10 heteroatoms. The zero-order chi connectivity index (χ0) is 36.2. The molecule has 0 heterocycles. The first-order chi connectivity index (χ1) is 22.3. The van der Waals surface area contributed by atoms with Crippen LogP contribution in [0.15, 0.2) is 61.2 Å². The molecule has 3 N–H and O–H groups in total. The molecule has 0 saturated heterocycles. The number of carbonyl (C=O) groups excluding carboxylic acids is 4. The second kappa shape index (κ2) is 17.8. The Morgan fingerprint density at radius 3 is 2.02 bits per heavy atom. The van der Waals surface area contributed by atoms with Gasteiger partial charge in [-0.05, 0) is 90.0 Å². The van der Waals surface area contributed by atoms with Crippen molar-refractivity contribution >= 4 is 30.0 Å². The van der Waals surface area contributed by atoms with E-state index in [1.165, 1.54) is 4.90 Å². The van der Waals surface area contributed by atoms with Crippen molar-refractivity contribution in [2.45, 2.75) is 117 Å². The number of amides is 3. The van der Waals surface area contributed by atoms with Crippen LogP contribution >= 0.6 is 0 Å². The van der Waals surface area contributed by atoms with Gasteiger partial charge < -0.3 is 30.1 Å². The zero-order valence-corrected chi connectivity index (χ0v) is 30.0. The van der Waals surface area contributed by atoms with Gasteiger partial charge in [0, 0.05) is 12.5 Å². The van der Waals surface area contributed by atoms with E-state index in [4.69, 9.17) is 9.47 Å². The summed E-state index contributed by atoms with van der Waals surface area (Å²) in [6.45, 7) is 19.4. The Morgan fingerprint density at radius 2 is 1.48 bits per heavy atom. The topological polar surface area (TPSA) is 134 Å². The van der Waals surface area contributed by atoms with E-state index in [1.807, 2.05) is 43.3 Å². The number of carbonyl (C=O) groups is 4. The molecular weight excluding hydrogens is 610 g/mol. The van der Waals surface area contributed by atoms with Crippen molar-refractivity contribution in [1.82, 2.24) is 15.5 Å². The normalized spacial score (nSPS) is 14.2. The molecular formula is C38H55N3O7. The van der Waals surface area contributed by atoms with Crippen LogP contribution in [0.25, 0.3) is 6.08 Å². The van der Waals surface area contributed by atoms with Crippen molar-refractivity contribution in [1.29, 1.82) is 0 Å². The summed E-state index contributed by atoms with van der Waals surface area (Å²) in [4.78, 5) is 56.7. The lowest BCUT2D eigenvalue weighted by molar-refractivity contribution is -0.159. The highest BCUT2D eigenvalue weighted by Gasteiger charge is 2.40. The predicted molar refractivity (Wildman–Crippen MR) is 188 cm³/mol. The molecule has 2 rings (SSSR count). The van der Waals surface area contributed by atoms with Gasteiger partial charge in [-0.3, -0.25) is 9.59 Å². The van der Waals surface area contributed by atoms with Gasteiger partial charge in [0.15, 0.2) is 0 Å². The number of hydrogen-bond acceptors (Lipinski definition) is 7. The van der Waals surface area contributed by atoms with Crippen LogP contribution in [0.1, 0.15) is 97.9 Å². The Labute approximate surface area is 286 Å². The zero-order valence-electron chi connectivity index (χ0n) is 30.0. The minimum absolute atomic E-state index is 0.150. The minimum Gasteiger partial charge on any atom is -0.458 e. The molecule has 0 aliphatic rings. The first kappa shape index (κ1) is 40.0. The van der Waals surface area contributed by atoms with Crippen molar-refractivity contribution in [3.8, 4) is 0 Å². The highest BCUT2D eigenvalue weighted by molar-refractivity contribution is 5.94. The quantitative estimate of drug-likeness (QED) is 0.199. The number of benzene rings is 2. The fourth-order valence-electron chi connectivity index (χ4n) is 5.09. The molecule has 0 fully saturated rings. The van der Waals surface area contributed by atoms with Crippen molar-refractivity contribution in [2.75, 3.05) is 6.61 Å². The SMILES string of the molecule is C=Cc1cccc(C(C(=O)NC(Cc2ccccc2)C(=O)OC(C)(C)C)N(C(=O)C(CO)NC(=O)OC(C)(C)C)C(C)CCC(C)C)c1. The highest BCUT2D eigenvalue weighted by atomic mass is 16.6. The predicted octanol–water partition coefficient (Wildman–Crippen LogP) is 5.98. The second-order valence-electron chi connectivity index (χ2n) is 14.5. The van der Waals surface area contributed by atoms with Crippen molar-refractivity contribution < 1.29 is 33.8 Å². The molecule has 2 aromatic carbocycles. The second-order valence-corrected chi connectivity index (χ2v) is 14.5. The number of nitrogens with zero attached hydrogens (tertiary/aromatic N) is 1. The largest absolute Gasteiger partial charge is 0.458 e. The summed E-state index contributed by atoms with van der Waals surface area (Å²) in [5.74, 6) is -1.62. The molecule has 0 aromatic heterocycles. The number of alkyl carbamates (subject to hydrolysis) is 1. The van der Waals surface area contributed by atoms with Crippen LogP contribution in [0.4, 0.5) is 4.79 Å². The fraction of sp³-hybridized carbons (Fsp3) is 0.526. The monoisotopic (exact) mass is 665 g/mol. The van der Waals surface area contributed by atoms with E-state index < -0.39 is 65.9 Å². The molecule has 0 aliphatic heterocycles. The van der Waals surface area contributed by atoms with Crippen LogP contribution in [-0.4, -0.2) is 69.8 Å². The molecule has 3 amide bonds. The third-order valence-electron chi connectivity index (χ3n) is 7.34. The third kappa shape index (κ3) is 13.1. The molecule has 0 bridgehead atoms. The van der Waals surface area contributed by atoms with Gasteiger partial charge >= 0.3 is 12.1 Å². The number of esters is 1. The summed E-state index contributed by atoms with van der Waals surface area (Å²) in [5.41, 5.74) is 0.320. The Morgan fingerprint density at radius 1 is 0.854 bits per heavy atom. The van der Waals surface area contributed by atoms with E-state index in [-0.39, 0.29) is 6.42 Å². The van der Waals surface area contributed by atoms with E-state index in [2.05, 4.69) is 31.1 Å². The molecule has 10 nitrogen and oxygen atoms in total. The average molecular weight is 666 g/mol. The van der Waals surface area contributed by atoms with Gasteiger partial charge in [0.1, 0.15) is 29.3 Å². The number of hydrogen-bond donors (Lipinski definition) is 3. The lowest BCUT2D eigenvalue weighted by Crippen LogP contribution is -2.58. The first-order valence-corrected chi connectivity index (χ1v) is 16.6. The van der Waals surface area contributed by atoms with Gasteiger partial charge in [-0.15, -0.1) is 0 Å². The number of nitrogens with one attached hydrogen (secondary N) is 2. The third-order valence-corrected chi connectivity index (χ3v) is 7.34. The maximum absolute atomic E-state index is 14.6. The Hall–Kier alpha value is -4.18. The van der Waals surface area contributed by atoms with Gasteiger partial charge in [0.05, 0.1) is 6.61 Å². The van der Waals surface area contributed by atoms with Gasteiger partial charge in [-0.1, -0.05) is 75.0 Å². The molecule has 4 unspecified atom stereocenters. The van der Waals surface area contributed by atoms with E-state index in [1.54, 1.807) is 65.8 Å². The van der Waals surface area contributed by atoms with Crippen LogP contribution < -0.4 is 10.6 Å². The lowest BCUT2D eigenvalue weighted by Gasteiger charge is -2.39. The Kier molecular flexibility index (Phi) is 14.9. The smallest absolute Gasteiger partial charge is 0.408 e. The summed E-state index contributed by atoms with van der Waals surface area (Å²) in [7, 11) is 0. The van der Waals surface area contributed by atoms with Gasteiger partial charge in [0.2, 0.25) is 11.8 Å². The summed E-state index contributed by atoms with van der Waals surface area (Å²) in [6.07, 6.45) is 2.17. The lowest BCUT2D eigenvalue weighted by atomic mass is 9.95. The summed E-state index contributed by atoms with van der Waals surface area (Å²) in [5, 5.41) is 15.7. The van der Waals surface area contributed by atoms with Crippen LogP contribution in [0.3, 0.4) is 0 Å². The molecule has 0 aliphatic carbocycles. The van der Waals surface area contributed by atoms with E-state index >= 15 is 0 Å². The Balaban J connectivity index is 2.69. The number of aliphatic hydroxyl groups is 1. The summed E-state index contributed by atoms with van der Waals surface area (Å²) in [6, 6.07) is 12.0. The van der Waals surface area contributed by atoms with Crippen molar-refractivity contribution in [3.05, 3.63) is 77.9 Å². The van der Waals surface area contributed by atoms with Crippen LogP contribution in [0.5, 0.6) is 0 Å². The standard InChI is InChI=1S/C38H55N3O7/c1-11-27-18-15-19-29(22-27)32(33(43)39-30(35(45)47-37(5,6)7)23-28-16-13-12-14-17-28)41(26(4)21-20-25(2)3)34(44)31(24-42)40-36(46)48-38(8,9)10/h11-19,22,25-26,30-32,42H,1,20-21,23-24H2,2-10H3,(H,39,43)(H,40,46). The fourth-order valence-corrected chi connectivity index (χ4v) is 5.09. The number of aliphatic hydroxyl groups excluding tert-OH is 1. The Bertz CT molecular complexity index is 1380. The molecule has 2 aromatic rings. The molecule has 0 radical (unpaired) electrons. The van der Waals surface area contributed by atoms with Crippen LogP contribution in [-0.2, 0) is 30.3 Å². The first-order valence-electron chi connectivity index (χ1n) is 16.6. The van der Waals surface area contributed by atoms with Crippen LogP contribution in [0.2, 0.25) is 0 Å². The molecule has 0 saturated carbocycles. The van der Waals surface area contributed by atoms with Gasteiger partial charge in [0.25, 0.3) is 0 Å². The maximum Gasteiger partial charge on any atom is 0.408 e. The van der Waals surface area contributed by atoms with Crippen molar-refractivity contribution in [3.63, 3.8) is 0 Å². The highest BCUT2D eigenvalue weighted by Crippen LogP contribution is 2.29. The van der Waals surface area contributed by atoms with Crippen molar-refractivity contribution in [2.24, 2.45) is 5.92 Å². The molecule has 264 valence electrons. The van der Waals surface area contributed by atoms with Gasteiger partial charge in [-0.25, -0.2) is 9.59 Å². The summed E-state index contributed by atoms with van der Waals surface area (Å²) < 4.78 is 11.1. The summed E-state index contributed by atoms with van der Waals surface area (Å²) >= 11 is 0. The minimum atomic E-state index is -1.41. The molecule has 4 atom stereocenters. The van der Waals surface area contributed by atoms with Gasteiger partial charge in [-0.2, -0.15) is 0 Å². The number of ether oxygens (including phenoxy) is 2. The van der Waals surface area contributed by atoms with E-state index in [0.717, 1.165) is 12.0 Å².